The van der Waals surface area contributed by atoms with Crippen LogP contribution in [0.1, 0.15) is 24.1 Å². The van der Waals surface area contributed by atoms with Crippen LogP contribution in [0.2, 0.25) is 0 Å². The second-order valence-electron chi connectivity index (χ2n) is 4.58. The number of rotatable bonds is 2. The number of nitrogens with one attached hydrogen (secondary N) is 1. The molecule has 0 spiro atoms. The number of halogens is 5. The quantitative estimate of drug-likeness (QED) is 0.892. The van der Waals surface area contributed by atoms with Crippen LogP contribution in [0.15, 0.2) is 24.3 Å². The molecule has 2 rings (SSSR count). The lowest BCUT2D eigenvalue weighted by atomic mass is 10.0. The van der Waals surface area contributed by atoms with E-state index in [1.165, 1.54) is 0 Å². The fourth-order valence-corrected chi connectivity index (χ4v) is 2.23. The van der Waals surface area contributed by atoms with Gasteiger partial charge in [-0.1, -0.05) is 12.1 Å². The highest BCUT2D eigenvalue weighted by atomic mass is 35.5. The van der Waals surface area contributed by atoms with Crippen LogP contribution in [-0.4, -0.2) is 31.1 Å². The minimum Gasteiger partial charge on any atom is -0.314 e. The number of hydrogen-bond acceptors (Lipinski definition) is 2. The minimum absolute atomic E-state index is 0. The molecule has 0 radical (unpaired) electrons. The van der Waals surface area contributed by atoms with Gasteiger partial charge < -0.3 is 5.32 Å². The lowest BCUT2D eigenvalue weighted by Crippen LogP contribution is -2.44. The Kier molecular flexibility index (Phi) is 7.88. The normalized spacial score (nSPS) is 17.8. The lowest BCUT2D eigenvalue weighted by molar-refractivity contribution is -0.137. The highest BCUT2D eigenvalue weighted by Gasteiger charge is 2.30. The molecule has 0 saturated carbocycles. The molecule has 1 aliphatic heterocycles. The number of benzene rings is 1. The Labute approximate surface area is 129 Å². The van der Waals surface area contributed by atoms with E-state index < -0.39 is 11.7 Å². The van der Waals surface area contributed by atoms with Crippen molar-refractivity contribution in [3.05, 3.63) is 35.4 Å². The third-order valence-corrected chi connectivity index (χ3v) is 3.42. The molecule has 1 fully saturated rings. The van der Waals surface area contributed by atoms with Crippen LogP contribution in [0.25, 0.3) is 0 Å². The van der Waals surface area contributed by atoms with Gasteiger partial charge in [0.2, 0.25) is 0 Å². The first-order valence-electron chi connectivity index (χ1n) is 6.10. The molecule has 7 heteroatoms. The third kappa shape index (κ3) is 4.81. The summed E-state index contributed by atoms with van der Waals surface area (Å²) in [4.78, 5) is 2.28. The molecule has 1 aromatic rings. The van der Waals surface area contributed by atoms with E-state index in [4.69, 9.17) is 0 Å². The van der Waals surface area contributed by atoms with Crippen LogP contribution in [0.5, 0.6) is 0 Å². The van der Waals surface area contributed by atoms with Gasteiger partial charge in [-0.05, 0) is 24.6 Å². The summed E-state index contributed by atoms with van der Waals surface area (Å²) in [6, 6.07) is 5.64. The maximum Gasteiger partial charge on any atom is 0.416 e. The summed E-state index contributed by atoms with van der Waals surface area (Å²) >= 11 is 0. The molecule has 116 valence electrons. The molecule has 1 N–H and O–H groups in total. The molecule has 2 nitrogen and oxygen atoms in total. The predicted octanol–water partition coefficient (Wildman–Crippen LogP) is 3.52. The second kappa shape index (κ2) is 8.08. The summed E-state index contributed by atoms with van der Waals surface area (Å²) < 4.78 is 37.4. The topological polar surface area (TPSA) is 15.3 Å². The van der Waals surface area contributed by atoms with Crippen molar-refractivity contribution in [3.63, 3.8) is 0 Å². The highest BCUT2D eigenvalue weighted by Crippen LogP contribution is 2.30. The molecule has 0 amide bonds. The van der Waals surface area contributed by atoms with Gasteiger partial charge in [0.15, 0.2) is 0 Å². The van der Waals surface area contributed by atoms with Gasteiger partial charge in [0.1, 0.15) is 0 Å². The zero-order valence-electron chi connectivity index (χ0n) is 11.1. The highest BCUT2D eigenvalue weighted by molar-refractivity contribution is 5.85. The van der Waals surface area contributed by atoms with E-state index in [1.807, 2.05) is 6.92 Å². The van der Waals surface area contributed by atoms with Crippen LogP contribution >= 0.6 is 24.8 Å². The van der Waals surface area contributed by atoms with Crippen molar-refractivity contribution in [3.8, 4) is 0 Å². The molecule has 1 unspecified atom stereocenters. The Morgan fingerprint density at radius 3 is 2.00 bits per heavy atom. The fraction of sp³-hybridized carbons (Fsp3) is 0.538. The Morgan fingerprint density at radius 1 is 1.05 bits per heavy atom. The first kappa shape index (κ1) is 19.5. The van der Waals surface area contributed by atoms with Crippen molar-refractivity contribution in [2.75, 3.05) is 26.2 Å². The molecule has 1 saturated heterocycles. The van der Waals surface area contributed by atoms with E-state index in [0.717, 1.165) is 43.9 Å². The predicted molar refractivity (Wildman–Crippen MR) is 78.8 cm³/mol. The molecule has 1 atom stereocenters. The van der Waals surface area contributed by atoms with Crippen molar-refractivity contribution in [1.82, 2.24) is 10.2 Å². The van der Waals surface area contributed by atoms with Gasteiger partial charge in [-0.2, -0.15) is 13.2 Å². The summed E-state index contributed by atoms with van der Waals surface area (Å²) in [5.74, 6) is 0. The van der Waals surface area contributed by atoms with Crippen LogP contribution in [-0.2, 0) is 6.18 Å². The molecule has 20 heavy (non-hydrogen) atoms. The number of piperazine rings is 1. The molecule has 0 aromatic heterocycles. The van der Waals surface area contributed by atoms with Crippen molar-refractivity contribution < 1.29 is 13.2 Å². The Morgan fingerprint density at radius 2 is 1.55 bits per heavy atom. The van der Waals surface area contributed by atoms with Crippen molar-refractivity contribution in [1.29, 1.82) is 0 Å². The average Bonchev–Trinajstić information content (AvgIpc) is 2.38. The number of alkyl halides is 3. The lowest BCUT2D eigenvalue weighted by Gasteiger charge is -2.33. The van der Waals surface area contributed by atoms with E-state index in [0.29, 0.717) is 0 Å². The summed E-state index contributed by atoms with van der Waals surface area (Å²) in [6.45, 7) is 5.77. The van der Waals surface area contributed by atoms with E-state index >= 15 is 0 Å². The van der Waals surface area contributed by atoms with Crippen molar-refractivity contribution >= 4 is 24.8 Å². The monoisotopic (exact) mass is 330 g/mol. The molecule has 1 heterocycles. The Bertz CT molecular complexity index is 390. The van der Waals surface area contributed by atoms with Crippen LogP contribution < -0.4 is 5.32 Å². The fourth-order valence-electron chi connectivity index (χ4n) is 2.23. The summed E-state index contributed by atoms with van der Waals surface area (Å²) in [6.07, 6.45) is -4.25. The molecule has 1 aromatic carbocycles. The average molecular weight is 331 g/mol. The third-order valence-electron chi connectivity index (χ3n) is 3.42. The first-order chi connectivity index (χ1) is 8.48. The van der Waals surface area contributed by atoms with Crippen LogP contribution in [0, 0.1) is 0 Å². The standard InChI is InChI=1S/C13H17F3N2.2ClH/c1-10(18-8-6-17-7-9-18)11-2-4-12(5-3-11)13(14,15)16;;/h2-5,10,17H,6-9H2,1H3;2*1H. The van der Waals surface area contributed by atoms with Gasteiger partial charge in [0, 0.05) is 32.2 Å². The zero-order valence-corrected chi connectivity index (χ0v) is 12.7. The number of hydrogen-bond donors (Lipinski definition) is 1. The minimum atomic E-state index is -4.25. The molecule has 0 bridgehead atoms. The van der Waals surface area contributed by atoms with Gasteiger partial charge in [-0.3, -0.25) is 4.90 Å². The zero-order chi connectivity index (χ0) is 13.2. The van der Waals surface area contributed by atoms with Gasteiger partial charge in [-0.25, -0.2) is 0 Å². The van der Waals surface area contributed by atoms with E-state index in [9.17, 15) is 13.2 Å². The summed E-state index contributed by atoms with van der Waals surface area (Å²) in [7, 11) is 0. The van der Waals surface area contributed by atoms with Gasteiger partial charge in [0.05, 0.1) is 5.56 Å². The van der Waals surface area contributed by atoms with E-state index in [2.05, 4.69) is 10.2 Å². The molecular formula is C13H19Cl2F3N2. The van der Waals surface area contributed by atoms with Crippen molar-refractivity contribution in [2.24, 2.45) is 0 Å². The molecular weight excluding hydrogens is 312 g/mol. The smallest absolute Gasteiger partial charge is 0.314 e. The van der Waals surface area contributed by atoms with Crippen molar-refractivity contribution in [2.45, 2.75) is 19.1 Å². The van der Waals surface area contributed by atoms with Gasteiger partial charge >= 0.3 is 6.18 Å². The molecule has 1 aliphatic rings. The van der Waals surface area contributed by atoms with Crippen LogP contribution in [0.3, 0.4) is 0 Å². The van der Waals surface area contributed by atoms with E-state index in [1.54, 1.807) is 12.1 Å². The maximum absolute atomic E-state index is 12.5. The van der Waals surface area contributed by atoms with Crippen LogP contribution in [0.4, 0.5) is 13.2 Å². The Balaban J connectivity index is 0.00000180. The summed E-state index contributed by atoms with van der Waals surface area (Å²) in [5.41, 5.74) is 0.351. The largest absolute Gasteiger partial charge is 0.416 e. The van der Waals surface area contributed by atoms with Gasteiger partial charge in [0.25, 0.3) is 0 Å². The SMILES string of the molecule is CC(c1ccc(C(F)(F)F)cc1)N1CCNCC1.Cl.Cl. The second-order valence-corrected chi connectivity index (χ2v) is 4.58. The maximum atomic E-state index is 12.5. The summed E-state index contributed by atoms with van der Waals surface area (Å²) in [5, 5.41) is 3.26. The van der Waals surface area contributed by atoms with E-state index in [-0.39, 0.29) is 30.9 Å². The Hall–Kier alpha value is -0.490. The molecule has 0 aliphatic carbocycles. The first-order valence-corrected chi connectivity index (χ1v) is 6.10. The van der Waals surface area contributed by atoms with Gasteiger partial charge in [-0.15, -0.1) is 24.8 Å². The number of nitrogens with zero attached hydrogens (tertiary/aromatic N) is 1.